The van der Waals surface area contributed by atoms with Gasteiger partial charge in [0, 0.05) is 12.5 Å². The SMILES string of the molecule is OC1CCCCCC1C1COCCC1O. The molecule has 0 aromatic carbocycles. The largest absolute Gasteiger partial charge is 0.393 e. The quantitative estimate of drug-likeness (QED) is 0.647. The lowest BCUT2D eigenvalue weighted by Crippen LogP contribution is -2.41. The van der Waals surface area contributed by atoms with Crippen molar-refractivity contribution in [2.45, 2.75) is 50.7 Å². The molecule has 88 valence electrons. The monoisotopic (exact) mass is 214 g/mol. The molecule has 2 fully saturated rings. The van der Waals surface area contributed by atoms with Crippen LogP contribution in [-0.4, -0.2) is 35.6 Å². The summed E-state index contributed by atoms with van der Waals surface area (Å²) in [6, 6.07) is 0. The molecule has 0 spiro atoms. The summed E-state index contributed by atoms with van der Waals surface area (Å²) in [5.74, 6) is 0.412. The first-order chi connectivity index (χ1) is 7.29. The number of rotatable bonds is 1. The summed E-state index contributed by atoms with van der Waals surface area (Å²) in [6.07, 6.45) is 5.71. The molecule has 0 amide bonds. The zero-order valence-electron chi connectivity index (χ0n) is 9.27. The molecule has 0 bridgehead atoms. The predicted molar refractivity (Wildman–Crippen MR) is 57.5 cm³/mol. The standard InChI is InChI=1S/C12H22O3/c13-11-5-3-1-2-4-9(11)10-8-15-7-6-12(10)14/h9-14H,1-8H2. The predicted octanol–water partition coefficient (Wildman–Crippen LogP) is 1.32. The Hall–Kier alpha value is -0.120. The molecule has 2 aliphatic rings. The van der Waals surface area contributed by atoms with E-state index in [0.29, 0.717) is 13.2 Å². The van der Waals surface area contributed by atoms with Gasteiger partial charge in [-0.1, -0.05) is 19.3 Å². The van der Waals surface area contributed by atoms with E-state index in [9.17, 15) is 10.2 Å². The van der Waals surface area contributed by atoms with Crippen LogP contribution in [0.3, 0.4) is 0 Å². The second-order valence-electron chi connectivity index (χ2n) is 4.96. The Morgan fingerprint density at radius 2 is 1.53 bits per heavy atom. The Morgan fingerprint density at radius 3 is 2.33 bits per heavy atom. The van der Waals surface area contributed by atoms with Crippen LogP contribution in [0.25, 0.3) is 0 Å². The Labute approximate surface area is 91.4 Å². The van der Waals surface area contributed by atoms with Crippen molar-refractivity contribution in [2.75, 3.05) is 13.2 Å². The summed E-state index contributed by atoms with van der Waals surface area (Å²) in [7, 11) is 0. The van der Waals surface area contributed by atoms with Gasteiger partial charge in [-0.05, 0) is 25.2 Å². The fourth-order valence-electron chi connectivity index (χ4n) is 2.97. The van der Waals surface area contributed by atoms with Crippen molar-refractivity contribution in [3.8, 4) is 0 Å². The zero-order valence-corrected chi connectivity index (χ0v) is 9.27. The van der Waals surface area contributed by atoms with Crippen LogP contribution >= 0.6 is 0 Å². The molecule has 4 unspecified atom stereocenters. The molecule has 1 aliphatic carbocycles. The second kappa shape index (κ2) is 5.28. The maximum Gasteiger partial charge on any atom is 0.0615 e. The van der Waals surface area contributed by atoms with Crippen molar-refractivity contribution in [3.63, 3.8) is 0 Å². The van der Waals surface area contributed by atoms with Gasteiger partial charge in [-0.2, -0.15) is 0 Å². The van der Waals surface area contributed by atoms with Crippen LogP contribution in [0.15, 0.2) is 0 Å². The normalized spacial score (nSPS) is 43.6. The molecular formula is C12H22O3. The molecule has 1 saturated carbocycles. The van der Waals surface area contributed by atoms with Crippen molar-refractivity contribution in [2.24, 2.45) is 11.8 Å². The minimum Gasteiger partial charge on any atom is -0.393 e. The van der Waals surface area contributed by atoms with Crippen LogP contribution in [0.4, 0.5) is 0 Å². The van der Waals surface area contributed by atoms with Crippen molar-refractivity contribution in [1.29, 1.82) is 0 Å². The van der Waals surface area contributed by atoms with Crippen molar-refractivity contribution >= 4 is 0 Å². The molecule has 4 atom stereocenters. The molecule has 0 aromatic rings. The lowest BCUT2D eigenvalue weighted by atomic mass is 9.79. The molecule has 0 radical (unpaired) electrons. The van der Waals surface area contributed by atoms with E-state index in [1.165, 1.54) is 12.8 Å². The summed E-state index contributed by atoms with van der Waals surface area (Å²) in [5, 5.41) is 20.0. The van der Waals surface area contributed by atoms with Gasteiger partial charge in [0.15, 0.2) is 0 Å². The van der Waals surface area contributed by atoms with Crippen LogP contribution < -0.4 is 0 Å². The summed E-state index contributed by atoms with van der Waals surface area (Å²) in [6.45, 7) is 1.30. The van der Waals surface area contributed by atoms with E-state index < -0.39 is 0 Å². The van der Waals surface area contributed by atoms with E-state index in [1.807, 2.05) is 0 Å². The topological polar surface area (TPSA) is 49.7 Å². The minimum absolute atomic E-state index is 0.159. The van der Waals surface area contributed by atoms with Gasteiger partial charge in [-0.15, -0.1) is 0 Å². The van der Waals surface area contributed by atoms with Crippen molar-refractivity contribution < 1.29 is 14.9 Å². The van der Waals surface area contributed by atoms with Gasteiger partial charge in [0.1, 0.15) is 0 Å². The molecule has 3 heteroatoms. The summed E-state index contributed by atoms with van der Waals surface area (Å²) in [5.41, 5.74) is 0. The molecule has 2 N–H and O–H groups in total. The van der Waals surface area contributed by atoms with Crippen LogP contribution in [0, 0.1) is 11.8 Å². The van der Waals surface area contributed by atoms with Crippen LogP contribution in [0.1, 0.15) is 38.5 Å². The van der Waals surface area contributed by atoms with E-state index in [-0.39, 0.29) is 24.0 Å². The van der Waals surface area contributed by atoms with E-state index in [4.69, 9.17) is 4.74 Å². The molecule has 2 rings (SSSR count). The lowest BCUT2D eigenvalue weighted by Gasteiger charge is -2.36. The van der Waals surface area contributed by atoms with E-state index >= 15 is 0 Å². The van der Waals surface area contributed by atoms with Crippen LogP contribution in [0.5, 0.6) is 0 Å². The molecule has 1 heterocycles. The third kappa shape index (κ3) is 2.71. The zero-order chi connectivity index (χ0) is 10.7. The smallest absolute Gasteiger partial charge is 0.0615 e. The Morgan fingerprint density at radius 1 is 0.800 bits per heavy atom. The Bertz CT molecular complexity index is 195. The summed E-state index contributed by atoms with van der Waals surface area (Å²) in [4.78, 5) is 0. The van der Waals surface area contributed by atoms with Gasteiger partial charge >= 0.3 is 0 Å². The van der Waals surface area contributed by atoms with Gasteiger partial charge in [0.2, 0.25) is 0 Å². The number of hydrogen-bond acceptors (Lipinski definition) is 3. The molecular weight excluding hydrogens is 192 g/mol. The third-order valence-corrected chi connectivity index (χ3v) is 3.94. The Balaban J connectivity index is 1.98. The van der Waals surface area contributed by atoms with Gasteiger partial charge in [-0.3, -0.25) is 0 Å². The second-order valence-corrected chi connectivity index (χ2v) is 4.96. The number of aliphatic hydroxyl groups is 2. The van der Waals surface area contributed by atoms with E-state index in [2.05, 4.69) is 0 Å². The highest BCUT2D eigenvalue weighted by atomic mass is 16.5. The molecule has 15 heavy (non-hydrogen) atoms. The van der Waals surface area contributed by atoms with Crippen molar-refractivity contribution in [3.05, 3.63) is 0 Å². The van der Waals surface area contributed by atoms with Crippen molar-refractivity contribution in [1.82, 2.24) is 0 Å². The third-order valence-electron chi connectivity index (χ3n) is 3.94. The van der Waals surface area contributed by atoms with E-state index in [1.54, 1.807) is 0 Å². The highest BCUT2D eigenvalue weighted by Gasteiger charge is 2.35. The number of aliphatic hydroxyl groups excluding tert-OH is 2. The summed E-state index contributed by atoms with van der Waals surface area (Å²) >= 11 is 0. The van der Waals surface area contributed by atoms with Crippen LogP contribution in [-0.2, 0) is 4.74 Å². The molecule has 0 aromatic heterocycles. The van der Waals surface area contributed by atoms with Crippen LogP contribution in [0.2, 0.25) is 0 Å². The first-order valence-corrected chi connectivity index (χ1v) is 6.23. The van der Waals surface area contributed by atoms with E-state index in [0.717, 1.165) is 25.7 Å². The minimum atomic E-state index is -0.267. The number of hydrogen-bond donors (Lipinski definition) is 2. The van der Waals surface area contributed by atoms with Gasteiger partial charge < -0.3 is 14.9 Å². The van der Waals surface area contributed by atoms with Gasteiger partial charge in [0.05, 0.1) is 18.8 Å². The highest BCUT2D eigenvalue weighted by molar-refractivity contribution is 4.85. The average Bonchev–Trinajstić information content (AvgIpc) is 2.44. The molecule has 3 nitrogen and oxygen atoms in total. The molecule has 1 saturated heterocycles. The van der Waals surface area contributed by atoms with Gasteiger partial charge in [0.25, 0.3) is 0 Å². The fraction of sp³-hybridized carbons (Fsp3) is 1.00. The fourth-order valence-corrected chi connectivity index (χ4v) is 2.97. The molecule has 1 aliphatic heterocycles. The average molecular weight is 214 g/mol. The first-order valence-electron chi connectivity index (χ1n) is 6.23. The van der Waals surface area contributed by atoms with Gasteiger partial charge in [-0.25, -0.2) is 0 Å². The Kier molecular flexibility index (Phi) is 4.00. The highest BCUT2D eigenvalue weighted by Crippen LogP contribution is 2.33. The maximum atomic E-state index is 10.1. The summed E-state index contributed by atoms with van der Waals surface area (Å²) < 4.78 is 5.42. The first kappa shape index (κ1) is 11.4. The maximum absolute atomic E-state index is 10.1. The number of ether oxygens (including phenoxy) is 1. The lowest BCUT2D eigenvalue weighted by molar-refractivity contribution is -0.0829.